The Morgan fingerprint density at radius 1 is 1.18 bits per heavy atom. The first kappa shape index (κ1) is 28.5. The molecule has 1 aliphatic heterocycles. The second-order valence-electron chi connectivity index (χ2n) is 9.74. The van der Waals surface area contributed by atoms with Crippen molar-refractivity contribution in [1.29, 1.82) is 0 Å². The third kappa shape index (κ3) is 6.23. The van der Waals surface area contributed by atoms with Crippen molar-refractivity contribution in [1.82, 2.24) is 4.57 Å². The lowest BCUT2D eigenvalue weighted by Gasteiger charge is -2.23. The van der Waals surface area contributed by atoms with Gasteiger partial charge in [-0.25, -0.2) is 4.79 Å². The van der Waals surface area contributed by atoms with E-state index in [1.807, 2.05) is 0 Å². The van der Waals surface area contributed by atoms with Crippen LogP contribution in [0.25, 0.3) is 5.57 Å². The van der Waals surface area contributed by atoms with Gasteiger partial charge in [-0.05, 0) is 61.4 Å². The molecular weight excluding hydrogens is 559 g/mol. The molecule has 2 aromatic carbocycles. The number of carbonyl (C=O) groups is 1. The first-order chi connectivity index (χ1) is 18.2. The molecule has 206 valence electrons. The average Bonchev–Trinajstić information content (AvgIpc) is 3.41. The van der Waals surface area contributed by atoms with E-state index in [9.17, 15) is 33.0 Å². The molecule has 2 N–H and O–H groups in total. The number of aromatic nitrogens is 1. The highest BCUT2D eigenvalue weighted by molar-refractivity contribution is 7.10. The summed E-state index contributed by atoms with van der Waals surface area (Å²) in [5.74, 6) is -2.11. The zero-order valence-corrected chi connectivity index (χ0v) is 22.5. The van der Waals surface area contributed by atoms with Gasteiger partial charge in [-0.15, -0.1) is 0 Å². The molecule has 0 spiro atoms. The summed E-state index contributed by atoms with van der Waals surface area (Å²) >= 11 is 6.38. The number of ether oxygens (including phenoxy) is 1. The monoisotopic (exact) mass is 581 g/mol. The van der Waals surface area contributed by atoms with Gasteiger partial charge < -0.3 is 14.9 Å². The number of carboxylic acids is 1. The summed E-state index contributed by atoms with van der Waals surface area (Å²) < 4.78 is 48.0. The predicted octanol–water partition coefficient (Wildman–Crippen LogP) is 4.14. The van der Waals surface area contributed by atoms with E-state index in [0.717, 1.165) is 6.07 Å². The fourth-order valence-corrected chi connectivity index (χ4v) is 5.16. The Bertz CT molecular complexity index is 1650. The Labute approximate surface area is 229 Å². The summed E-state index contributed by atoms with van der Waals surface area (Å²) in [6, 6.07) is 6.59. The summed E-state index contributed by atoms with van der Waals surface area (Å²) in [6.45, 7) is 4.68. The average molecular weight is 582 g/mol. The number of benzene rings is 2. The van der Waals surface area contributed by atoms with Crippen LogP contribution in [0.5, 0.6) is 5.88 Å². The largest absolute Gasteiger partial charge is 0.493 e. The van der Waals surface area contributed by atoms with E-state index in [2.05, 4.69) is 10.2 Å². The van der Waals surface area contributed by atoms with Crippen LogP contribution in [0.1, 0.15) is 48.4 Å². The number of nitrogens with zero attached hydrogens (tertiary/aromatic N) is 3. The molecule has 0 amide bonds. The molecular formula is C26H23ClF3N3O5S. The Balaban J connectivity index is 1.94. The van der Waals surface area contributed by atoms with Crippen molar-refractivity contribution in [3.05, 3.63) is 83.2 Å². The Morgan fingerprint density at radius 3 is 2.54 bits per heavy atom. The fraction of sp³-hybridized carbons (Fsp3) is 0.308. The second-order valence-corrected chi connectivity index (χ2v) is 11.1. The lowest BCUT2D eigenvalue weighted by molar-refractivity contribution is -0.145. The van der Waals surface area contributed by atoms with Crippen LogP contribution in [0, 0.1) is 0 Å². The minimum absolute atomic E-state index is 0.0723. The summed E-state index contributed by atoms with van der Waals surface area (Å²) in [5.41, 5.74) is -1.10. The number of fused-ring (bicyclic) bond motifs is 1. The van der Waals surface area contributed by atoms with Crippen LogP contribution in [-0.2, 0) is 22.1 Å². The van der Waals surface area contributed by atoms with Crippen molar-refractivity contribution >= 4 is 40.7 Å². The number of carboxylic acid groups (broad SMARTS) is 1. The minimum atomic E-state index is -4.73. The molecule has 0 unspecified atom stereocenters. The molecule has 4 rings (SSSR count). The normalized spacial score (nSPS) is 14.6. The van der Waals surface area contributed by atoms with Gasteiger partial charge in [0, 0.05) is 17.0 Å². The first-order valence-electron chi connectivity index (χ1n) is 11.6. The summed E-state index contributed by atoms with van der Waals surface area (Å²) in [7, 11) is 0. The van der Waals surface area contributed by atoms with Crippen LogP contribution < -0.4 is 15.4 Å². The summed E-state index contributed by atoms with van der Waals surface area (Å²) in [4.78, 5) is 24.2. The van der Waals surface area contributed by atoms with Gasteiger partial charge in [0.05, 0.1) is 34.2 Å². The standard InChI is InChI=1S/C26H23ClF3N3O5S/c1-25(2,3)38-12-20(23(35)36)33-22(34)21(39-24(33)37)17(13-5-7-19-15(8-13)11-31-32-19)9-14-4-6-16(27)10-18(14)26(28,29)30/h4-8,10-11,20,34H,9,12H2,1-3H3,(H,35,36)/t20-/m0/s1. The molecule has 0 saturated heterocycles. The number of hydrogen-bond acceptors (Lipinski definition) is 7. The van der Waals surface area contributed by atoms with Crippen LogP contribution in [0.15, 0.2) is 51.4 Å². The van der Waals surface area contributed by atoms with Gasteiger partial charge in [0.25, 0.3) is 0 Å². The molecule has 39 heavy (non-hydrogen) atoms. The molecule has 0 bridgehead atoms. The molecule has 13 heteroatoms. The van der Waals surface area contributed by atoms with Crippen molar-refractivity contribution in [3.8, 4) is 5.88 Å². The molecule has 1 atom stereocenters. The Morgan fingerprint density at radius 2 is 1.90 bits per heavy atom. The maximum absolute atomic E-state index is 13.9. The molecule has 1 aromatic heterocycles. The quantitative estimate of drug-likeness (QED) is 0.435. The van der Waals surface area contributed by atoms with E-state index >= 15 is 0 Å². The highest BCUT2D eigenvalue weighted by atomic mass is 35.5. The van der Waals surface area contributed by atoms with Gasteiger partial charge in [-0.1, -0.05) is 35.1 Å². The lowest BCUT2D eigenvalue weighted by atomic mass is 9.96. The van der Waals surface area contributed by atoms with Gasteiger partial charge in [0.15, 0.2) is 6.04 Å². The van der Waals surface area contributed by atoms with E-state index < -0.39 is 46.7 Å². The lowest BCUT2D eigenvalue weighted by Crippen LogP contribution is -2.33. The second kappa shape index (κ2) is 10.6. The third-order valence-corrected chi connectivity index (χ3v) is 7.08. The Hall–Kier alpha value is -3.48. The van der Waals surface area contributed by atoms with Crippen LogP contribution in [0.2, 0.25) is 5.02 Å². The van der Waals surface area contributed by atoms with Crippen molar-refractivity contribution < 1.29 is 32.9 Å². The minimum Gasteiger partial charge on any atom is -0.493 e. The zero-order valence-electron chi connectivity index (χ0n) is 20.9. The van der Waals surface area contributed by atoms with Gasteiger partial charge in [-0.2, -0.15) is 23.4 Å². The number of rotatable bonds is 7. The van der Waals surface area contributed by atoms with Gasteiger partial charge in [-0.3, -0.25) is 9.36 Å². The maximum atomic E-state index is 13.9. The van der Waals surface area contributed by atoms with Gasteiger partial charge in [0.1, 0.15) is 0 Å². The van der Waals surface area contributed by atoms with Crippen molar-refractivity contribution in [2.75, 3.05) is 6.61 Å². The highest BCUT2D eigenvalue weighted by Gasteiger charge is 2.35. The van der Waals surface area contributed by atoms with Gasteiger partial charge >= 0.3 is 17.0 Å². The number of aromatic hydroxyl groups is 1. The molecule has 0 fully saturated rings. The van der Waals surface area contributed by atoms with Crippen LogP contribution in [0.4, 0.5) is 13.2 Å². The number of halogens is 4. The molecule has 1 aliphatic rings. The molecule has 0 radical (unpaired) electrons. The predicted molar refractivity (Wildman–Crippen MR) is 140 cm³/mol. The van der Waals surface area contributed by atoms with E-state index in [1.165, 1.54) is 18.3 Å². The van der Waals surface area contributed by atoms with Crippen molar-refractivity contribution in [2.45, 2.75) is 45.0 Å². The topological polar surface area (TPSA) is 113 Å². The molecule has 0 saturated carbocycles. The zero-order chi connectivity index (χ0) is 28.7. The molecule has 3 aromatic rings. The third-order valence-electron chi connectivity index (χ3n) is 5.85. The molecule has 8 nitrogen and oxygen atoms in total. The van der Waals surface area contributed by atoms with E-state index in [-0.39, 0.29) is 27.5 Å². The van der Waals surface area contributed by atoms with E-state index in [0.29, 0.717) is 32.0 Å². The molecule has 0 aliphatic carbocycles. The number of thiazole rings is 1. The Kier molecular flexibility index (Phi) is 7.75. The number of alkyl halides is 3. The SMILES string of the molecule is CC(C)(C)OC[C@@H](C(=O)O)n1c(O)c(C(Cc2ccc(Cl)cc2C(F)(F)F)=c2ccc3c(c2)C=NN=3)sc1=O. The van der Waals surface area contributed by atoms with Crippen LogP contribution >= 0.6 is 22.9 Å². The van der Waals surface area contributed by atoms with E-state index in [4.69, 9.17) is 16.3 Å². The number of hydrogen-bond donors (Lipinski definition) is 2. The van der Waals surface area contributed by atoms with Crippen LogP contribution in [-0.4, -0.2) is 39.2 Å². The van der Waals surface area contributed by atoms with E-state index in [1.54, 1.807) is 39.0 Å². The molecule has 2 heterocycles. The summed E-state index contributed by atoms with van der Waals surface area (Å²) in [6.07, 6.45) is -3.62. The van der Waals surface area contributed by atoms with Crippen molar-refractivity contribution in [3.63, 3.8) is 0 Å². The fourth-order valence-electron chi connectivity index (χ4n) is 4.00. The van der Waals surface area contributed by atoms with Gasteiger partial charge in [0.2, 0.25) is 5.88 Å². The highest BCUT2D eigenvalue weighted by Crippen LogP contribution is 2.37. The van der Waals surface area contributed by atoms with Crippen molar-refractivity contribution in [2.24, 2.45) is 10.2 Å². The first-order valence-corrected chi connectivity index (χ1v) is 12.8. The van der Waals surface area contributed by atoms with Crippen LogP contribution in [0.3, 0.4) is 0 Å². The smallest absolute Gasteiger partial charge is 0.416 e. The maximum Gasteiger partial charge on any atom is 0.416 e. The number of aliphatic carboxylic acids is 1. The summed E-state index contributed by atoms with van der Waals surface area (Å²) in [5, 5.41) is 29.6.